The molecule has 3 aromatic rings. The SMILES string of the molecule is CC[C@H](c1ccc(F)cc1)N(C)C(=O)Cn1cc(NC(=O)c2ccccn2)cn1. The van der Waals surface area contributed by atoms with E-state index in [0.717, 1.165) is 5.56 Å². The van der Waals surface area contributed by atoms with Gasteiger partial charge in [0.15, 0.2) is 0 Å². The molecule has 2 amide bonds. The maximum absolute atomic E-state index is 13.2. The quantitative estimate of drug-likeness (QED) is 0.666. The van der Waals surface area contributed by atoms with Crippen LogP contribution in [0.3, 0.4) is 0 Å². The highest BCUT2D eigenvalue weighted by atomic mass is 19.1. The summed E-state index contributed by atoms with van der Waals surface area (Å²) in [5.41, 5.74) is 1.64. The third-order valence-electron chi connectivity index (χ3n) is 4.59. The van der Waals surface area contributed by atoms with Gasteiger partial charge in [0.05, 0.1) is 17.9 Å². The zero-order valence-electron chi connectivity index (χ0n) is 16.2. The number of anilines is 1. The average Bonchev–Trinajstić information content (AvgIpc) is 3.17. The summed E-state index contributed by atoms with van der Waals surface area (Å²) in [6.07, 6.45) is 5.30. The van der Waals surface area contributed by atoms with Gasteiger partial charge in [-0.3, -0.25) is 19.3 Å². The van der Waals surface area contributed by atoms with E-state index in [4.69, 9.17) is 0 Å². The van der Waals surface area contributed by atoms with Gasteiger partial charge in [-0.2, -0.15) is 5.10 Å². The summed E-state index contributed by atoms with van der Waals surface area (Å²) in [6, 6.07) is 11.1. The van der Waals surface area contributed by atoms with Crippen LogP contribution in [0, 0.1) is 5.82 Å². The number of hydrogen-bond acceptors (Lipinski definition) is 4. The van der Waals surface area contributed by atoms with Crippen molar-refractivity contribution >= 4 is 17.5 Å². The maximum atomic E-state index is 13.2. The van der Waals surface area contributed by atoms with Crippen molar-refractivity contribution in [1.82, 2.24) is 19.7 Å². The third kappa shape index (κ3) is 5.04. The smallest absolute Gasteiger partial charge is 0.274 e. The second-order valence-electron chi connectivity index (χ2n) is 6.58. The molecule has 0 bridgehead atoms. The highest BCUT2D eigenvalue weighted by Crippen LogP contribution is 2.23. The molecule has 0 saturated heterocycles. The van der Waals surface area contributed by atoms with E-state index >= 15 is 0 Å². The predicted octanol–water partition coefficient (Wildman–Crippen LogP) is 3.28. The third-order valence-corrected chi connectivity index (χ3v) is 4.59. The molecule has 0 aliphatic carbocycles. The molecule has 1 atom stereocenters. The second-order valence-corrected chi connectivity index (χ2v) is 6.58. The highest BCUT2D eigenvalue weighted by molar-refractivity contribution is 6.02. The van der Waals surface area contributed by atoms with Gasteiger partial charge in [-0.15, -0.1) is 0 Å². The number of carbonyl (C=O) groups is 2. The van der Waals surface area contributed by atoms with Gasteiger partial charge in [0, 0.05) is 19.4 Å². The largest absolute Gasteiger partial charge is 0.337 e. The number of halogens is 1. The fraction of sp³-hybridized carbons (Fsp3) is 0.238. The van der Waals surface area contributed by atoms with E-state index in [-0.39, 0.29) is 30.2 Å². The summed E-state index contributed by atoms with van der Waals surface area (Å²) in [5.74, 6) is -0.808. The minimum Gasteiger partial charge on any atom is -0.337 e. The standard InChI is InChI=1S/C21H22FN5O2/c1-3-19(15-7-9-16(22)10-8-15)26(2)20(28)14-27-13-17(12-24-27)25-21(29)18-6-4-5-11-23-18/h4-13,19H,3,14H2,1-2H3,(H,25,29)/t19-/m1/s1. The maximum Gasteiger partial charge on any atom is 0.274 e. The van der Waals surface area contributed by atoms with Gasteiger partial charge < -0.3 is 10.2 Å². The van der Waals surface area contributed by atoms with E-state index in [1.54, 1.807) is 48.5 Å². The molecule has 1 aromatic carbocycles. The summed E-state index contributed by atoms with van der Waals surface area (Å²) in [4.78, 5) is 30.5. The molecule has 0 aliphatic rings. The van der Waals surface area contributed by atoms with E-state index in [9.17, 15) is 14.0 Å². The van der Waals surface area contributed by atoms with Crippen LogP contribution in [0.2, 0.25) is 0 Å². The number of pyridine rings is 1. The molecule has 0 saturated carbocycles. The summed E-state index contributed by atoms with van der Waals surface area (Å²) in [5, 5.41) is 6.84. The Morgan fingerprint density at radius 2 is 1.97 bits per heavy atom. The molecule has 0 aliphatic heterocycles. The molecule has 150 valence electrons. The zero-order chi connectivity index (χ0) is 20.8. The Hall–Kier alpha value is -3.55. The first-order chi connectivity index (χ1) is 14.0. The lowest BCUT2D eigenvalue weighted by atomic mass is 10.0. The molecule has 2 aromatic heterocycles. The van der Waals surface area contributed by atoms with Crippen LogP contribution in [0.1, 0.15) is 35.4 Å². The molecular formula is C21H22FN5O2. The van der Waals surface area contributed by atoms with Gasteiger partial charge in [0.2, 0.25) is 5.91 Å². The van der Waals surface area contributed by atoms with Gasteiger partial charge >= 0.3 is 0 Å². The normalized spacial score (nSPS) is 11.7. The fourth-order valence-electron chi connectivity index (χ4n) is 3.05. The topological polar surface area (TPSA) is 80.1 Å². The molecular weight excluding hydrogens is 373 g/mol. The van der Waals surface area contributed by atoms with Crippen molar-refractivity contribution in [2.24, 2.45) is 0 Å². The summed E-state index contributed by atoms with van der Waals surface area (Å²) in [6.45, 7) is 1.99. The number of nitrogens with one attached hydrogen (secondary N) is 1. The van der Waals surface area contributed by atoms with Crippen molar-refractivity contribution in [1.29, 1.82) is 0 Å². The molecule has 7 nitrogen and oxygen atoms in total. The second kappa shape index (κ2) is 9.09. The summed E-state index contributed by atoms with van der Waals surface area (Å²) < 4.78 is 14.6. The van der Waals surface area contributed by atoms with Crippen LogP contribution >= 0.6 is 0 Å². The van der Waals surface area contributed by atoms with Gasteiger partial charge in [-0.1, -0.05) is 25.1 Å². The van der Waals surface area contributed by atoms with Crippen molar-refractivity contribution in [3.05, 3.63) is 78.1 Å². The van der Waals surface area contributed by atoms with Crippen LogP contribution < -0.4 is 5.32 Å². The molecule has 0 unspecified atom stereocenters. The summed E-state index contributed by atoms with van der Waals surface area (Å²) in [7, 11) is 1.72. The number of hydrogen-bond donors (Lipinski definition) is 1. The van der Waals surface area contributed by atoms with Gasteiger partial charge in [-0.05, 0) is 36.2 Å². The van der Waals surface area contributed by atoms with E-state index in [1.807, 2.05) is 6.92 Å². The average molecular weight is 395 g/mol. The molecule has 1 N–H and O–H groups in total. The number of likely N-dealkylation sites (N-methyl/N-ethyl adjacent to an activating group) is 1. The van der Waals surface area contributed by atoms with Crippen LogP contribution in [-0.2, 0) is 11.3 Å². The summed E-state index contributed by atoms with van der Waals surface area (Å²) >= 11 is 0. The molecule has 2 heterocycles. The minimum atomic E-state index is -0.351. The highest BCUT2D eigenvalue weighted by Gasteiger charge is 2.21. The van der Waals surface area contributed by atoms with E-state index in [0.29, 0.717) is 17.8 Å². The monoisotopic (exact) mass is 395 g/mol. The number of aromatic nitrogens is 3. The first kappa shape index (κ1) is 20.2. The van der Waals surface area contributed by atoms with Crippen molar-refractivity contribution in [2.75, 3.05) is 12.4 Å². The Bertz CT molecular complexity index is 972. The number of rotatable bonds is 7. The predicted molar refractivity (Wildman–Crippen MR) is 107 cm³/mol. The van der Waals surface area contributed by atoms with Gasteiger partial charge in [0.25, 0.3) is 5.91 Å². The molecule has 8 heteroatoms. The Labute approximate surface area is 168 Å². The molecule has 29 heavy (non-hydrogen) atoms. The molecule has 0 spiro atoms. The van der Waals surface area contributed by atoms with Crippen LogP contribution in [0.25, 0.3) is 0 Å². The van der Waals surface area contributed by atoms with Crippen LogP contribution in [0.5, 0.6) is 0 Å². The Kier molecular flexibility index (Phi) is 6.33. The number of benzene rings is 1. The Morgan fingerprint density at radius 1 is 1.21 bits per heavy atom. The van der Waals surface area contributed by atoms with E-state index in [2.05, 4.69) is 15.4 Å². The van der Waals surface area contributed by atoms with Gasteiger partial charge in [0.1, 0.15) is 18.1 Å². The number of amides is 2. The Morgan fingerprint density at radius 3 is 2.62 bits per heavy atom. The van der Waals surface area contributed by atoms with Crippen molar-refractivity contribution in [2.45, 2.75) is 25.9 Å². The number of carbonyl (C=O) groups excluding carboxylic acids is 2. The van der Waals surface area contributed by atoms with Crippen LogP contribution in [0.4, 0.5) is 10.1 Å². The van der Waals surface area contributed by atoms with Gasteiger partial charge in [-0.25, -0.2) is 4.39 Å². The fourth-order valence-corrected chi connectivity index (χ4v) is 3.05. The molecule has 0 radical (unpaired) electrons. The lowest BCUT2D eigenvalue weighted by molar-refractivity contribution is -0.133. The van der Waals surface area contributed by atoms with E-state index < -0.39 is 0 Å². The lowest BCUT2D eigenvalue weighted by Gasteiger charge is -2.27. The first-order valence-corrected chi connectivity index (χ1v) is 9.24. The van der Waals surface area contributed by atoms with Crippen LogP contribution in [0.15, 0.2) is 61.1 Å². The van der Waals surface area contributed by atoms with Crippen molar-refractivity contribution in [3.63, 3.8) is 0 Å². The van der Waals surface area contributed by atoms with E-state index in [1.165, 1.54) is 29.2 Å². The Balaban J connectivity index is 1.63. The molecule has 0 fully saturated rings. The first-order valence-electron chi connectivity index (χ1n) is 9.24. The molecule has 3 rings (SSSR count). The zero-order valence-corrected chi connectivity index (χ0v) is 16.2. The number of nitrogens with zero attached hydrogens (tertiary/aromatic N) is 4. The van der Waals surface area contributed by atoms with Crippen molar-refractivity contribution in [3.8, 4) is 0 Å². The van der Waals surface area contributed by atoms with Crippen molar-refractivity contribution < 1.29 is 14.0 Å². The minimum absolute atomic E-state index is 0.0215. The lowest BCUT2D eigenvalue weighted by Crippen LogP contribution is -2.33. The van der Waals surface area contributed by atoms with Crippen LogP contribution in [-0.4, -0.2) is 38.5 Å².